The number of benzene rings is 2. The molecule has 3 rings (SSSR count). The Kier molecular flexibility index (Phi) is 2.80. The van der Waals surface area contributed by atoms with Gasteiger partial charge in [0.1, 0.15) is 11.9 Å². The van der Waals surface area contributed by atoms with Gasteiger partial charge in [0.15, 0.2) is 0 Å². The first kappa shape index (κ1) is 11.3. The highest BCUT2D eigenvalue weighted by Gasteiger charge is 2.26. The SMILES string of the molecule is Cc1ccc2c(c1)C(N)CC(c1ccccc1)O2. The van der Waals surface area contributed by atoms with E-state index in [1.54, 1.807) is 0 Å². The van der Waals surface area contributed by atoms with E-state index in [4.69, 9.17) is 10.5 Å². The highest BCUT2D eigenvalue weighted by molar-refractivity contribution is 5.41. The van der Waals surface area contributed by atoms with Gasteiger partial charge in [0.05, 0.1) is 0 Å². The molecular formula is C16H17NO. The van der Waals surface area contributed by atoms with Gasteiger partial charge in [-0.15, -0.1) is 0 Å². The molecule has 0 spiro atoms. The van der Waals surface area contributed by atoms with Gasteiger partial charge >= 0.3 is 0 Å². The van der Waals surface area contributed by atoms with E-state index in [1.165, 1.54) is 11.1 Å². The van der Waals surface area contributed by atoms with Gasteiger partial charge < -0.3 is 10.5 Å². The second kappa shape index (κ2) is 4.46. The lowest BCUT2D eigenvalue weighted by molar-refractivity contribution is 0.161. The fourth-order valence-corrected chi connectivity index (χ4v) is 2.50. The molecule has 1 heterocycles. The number of nitrogens with two attached hydrogens (primary N) is 1. The van der Waals surface area contributed by atoms with Crippen LogP contribution in [0.2, 0.25) is 0 Å². The van der Waals surface area contributed by atoms with Crippen LogP contribution in [0.15, 0.2) is 48.5 Å². The van der Waals surface area contributed by atoms with E-state index in [0.717, 1.165) is 17.7 Å². The zero-order chi connectivity index (χ0) is 12.5. The molecule has 1 aliphatic rings. The van der Waals surface area contributed by atoms with Gasteiger partial charge in [-0.3, -0.25) is 0 Å². The van der Waals surface area contributed by atoms with Crippen molar-refractivity contribution in [3.8, 4) is 5.75 Å². The van der Waals surface area contributed by atoms with Crippen molar-refractivity contribution in [1.82, 2.24) is 0 Å². The molecule has 2 atom stereocenters. The number of fused-ring (bicyclic) bond motifs is 1. The van der Waals surface area contributed by atoms with Crippen LogP contribution in [0.3, 0.4) is 0 Å². The van der Waals surface area contributed by atoms with Crippen LogP contribution >= 0.6 is 0 Å². The highest BCUT2D eigenvalue weighted by Crippen LogP contribution is 2.39. The average molecular weight is 239 g/mol. The normalized spacial score (nSPS) is 22.1. The maximum absolute atomic E-state index is 6.26. The van der Waals surface area contributed by atoms with E-state index >= 15 is 0 Å². The van der Waals surface area contributed by atoms with Crippen LogP contribution in [0.1, 0.15) is 35.3 Å². The monoisotopic (exact) mass is 239 g/mol. The standard InChI is InChI=1S/C16H17NO/c1-11-7-8-15-13(9-11)14(17)10-16(18-15)12-5-3-2-4-6-12/h2-9,14,16H,10,17H2,1H3. The molecule has 2 aromatic rings. The van der Waals surface area contributed by atoms with Gasteiger partial charge in [0.25, 0.3) is 0 Å². The molecule has 2 nitrogen and oxygen atoms in total. The second-order valence-electron chi connectivity index (χ2n) is 4.90. The summed E-state index contributed by atoms with van der Waals surface area (Å²) < 4.78 is 6.06. The first-order chi connectivity index (χ1) is 8.74. The summed E-state index contributed by atoms with van der Waals surface area (Å²) in [7, 11) is 0. The minimum atomic E-state index is 0.0545. The van der Waals surface area contributed by atoms with Crippen molar-refractivity contribution in [1.29, 1.82) is 0 Å². The third-order valence-electron chi connectivity index (χ3n) is 3.47. The molecule has 2 aromatic carbocycles. The second-order valence-corrected chi connectivity index (χ2v) is 4.90. The van der Waals surface area contributed by atoms with E-state index in [9.17, 15) is 0 Å². The average Bonchev–Trinajstić information content (AvgIpc) is 2.40. The Hall–Kier alpha value is -1.80. The summed E-state index contributed by atoms with van der Waals surface area (Å²) in [6.07, 6.45) is 0.900. The van der Waals surface area contributed by atoms with Gasteiger partial charge in [-0.05, 0) is 18.6 Å². The predicted molar refractivity (Wildman–Crippen MR) is 72.5 cm³/mol. The quantitative estimate of drug-likeness (QED) is 0.826. The van der Waals surface area contributed by atoms with Crippen LogP contribution in [0.4, 0.5) is 0 Å². The van der Waals surface area contributed by atoms with Crippen LogP contribution in [0, 0.1) is 6.92 Å². The van der Waals surface area contributed by atoms with Crippen LogP contribution in [-0.2, 0) is 0 Å². The molecule has 1 aliphatic heterocycles. The Morgan fingerprint density at radius 2 is 1.89 bits per heavy atom. The zero-order valence-electron chi connectivity index (χ0n) is 10.5. The van der Waals surface area contributed by atoms with E-state index < -0.39 is 0 Å². The Morgan fingerprint density at radius 1 is 1.11 bits per heavy atom. The molecule has 2 unspecified atom stereocenters. The fraction of sp³-hybridized carbons (Fsp3) is 0.250. The molecular weight excluding hydrogens is 222 g/mol. The number of rotatable bonds is 1. The fourth-order valence-electron chi connectivity index (χ4n) is 2.50. The summed E-state index contributed by atoms with van der Waals surface area (Å²) in [5, 5.41) is 0. The van der Waals surface area contributed by atoms with Crippen LogP contribution in [-0.4, -0.2) is 0 Å². The Balaban J connectivity index is 1.95. The molecule has 0 amide bonds. The molecule has 0 fully saturated rings. The van der Waals surface area contributed by atoms with Crippen molar-refractivity contribution in [3.63, 3.8) is 0 Å². The number of hydrogen-bond acceptors (Lipinski definition) is 2. The van der Waals surface area contributed by atoms with Gasteiger partial charge in [-0.2, -0.15) is 0 Å². The highest BCUT2D eigenvalue weighted by atomic mass is 16.5. The topological polar surface area (TPSA) is 35.2 Å². The van der Waals surface area contributed by atoms with Crippen molar-refractivity contribution >= 4 is 0 Å². The lowest BCUT2D eigenvalue weighted by Gasteiger charge is -2.30. The predicted octanol–water partition coefficient (Wildman–Crippen LogP) is 3.52. The van der Waals surface area contributed by atoms with Crippen molar-refractivity contribution < 1.29 is 4.74 Å². The minimum absolute atomic E-state index is 0.0545. The third kappa shape index (κ3) is 2.00. The summed E-state index contributed by atoms with van der Waals surface area (Å²) in [5.41, 5.74) is 9.81. The van der Waals surface area contributed by atoms with Crippen LogP contribution in [0.25, 0.3) is 0 Å². The van der Waals surface area contributed by atoms with Crippen molar-refractivity contribution in [2.45, 2.75) is 25.5 Å². The molecule has 0 saturated carbocycles. The van der Waals surface area contributed by atoms with Gasteiger partial charge in [0, 0.05) is 18.0 Å². The molecule has 0 bridgehead atoms. The molecule has 0 saturated heterocycles. The zero-order valence-corrected chi connectivity index (χ0v) is 10.5. The number of aryl methyl sites for hydroxylation is 1. The van der Waals surface area contributed by atoms with Crippen LogP contribution in [0.5, 0.6) is 5.75 Å². The van der Waals surface area contributed by atoms with E-state index in [0.29, 0.717) is 0 Å². The summed E-state index contributed by atoms with van der Waals surface area (Å²) in [6, 6.07) is 16.6. The summed E-state index contributed by atoms with van der Waals surface area (Å²) in [4.78, 5) is 0. The smallest absolute Gasteiger partial charge is 0.126 e. The first-order valence-electron chi connectivity index (χ1n) is 6.32. The summed E-state index contributed by atoms with van der Waals surface area (Å²) in [6.45, 7) is 2.08. The summed E-state index contributed by atoms with van der Waals surface area (Å²) in [5.74, 6) is 0.924. The maximum Gasteiger partial charge on any atom is 0.126 e. The minimum Gasteiger partial charge on any atom is -0.485 e. The van der Waals surface area contributed by atoms with Crippen molar-refractivity contribution in [2.75, 3.05) is 0 Å². The van der Waals surface area contributed by atoms with E-state index in [2.05, 4.69) is 31.2 Å². The largest absolute Gasteiger partial charge is 0.485 e. The molecule has 0 aliphatic carbocycles. The maximum atomic E-state index is 6.26. The summed E-state index contributed by atoms with van der Waals surface area (Å²) >= 11 is 0. The van der Waals surface area contributed by atoms with Gasteiger partial charge in [-0.1, -0.05) is 48.0 Å². The third-order valence-corrected chi connectivity index (χ3v) is 3.47. The van der Waals surface area contributed by atoms with Gasteiger partial charge in [-0.25, -0.2) is 0 Å². The molecule has 2 N–H and O–H groups in total. The van der Waals surface area contributed by atoms with E-state index in [1.807, 2.05) is 24.3 Å². The number of ether oxygens (including phenoxy) is 1. The number of hydrogen-bond donors (Lipinski definition) is 1. The molecule has 92 valence electrons. The van der Waals surface area contributed by atoms with Crippen molar-refractivity contribution in [2.24, 2.45) is 5.73 Å². The van der Waals surface area contributed by atoms with Gasteiger partial charge in [0.2, 0.25) is 0 Å². The lowest BCUT2D eigenvalue weighted by Crippen LogP contribution is -2.24. The Morgan fingerprint density at radius 3 is 2.67 bits per heavy atom. The Bertz CT molecular complexity index is 550. The van der Waals surface area contributed by atoms with Crippen molar-refractivity contribution in [3.05, 3.63) is 65.2 Å². The lowest BCUT2D eigenvalue weighted by atomic mass is 9.93. The molecule has 0 aromatic heterocycles. The molecule has 2 heteroatoms. The Labute approximate surface area is 107 Å². The van der Waals surface area contributed by atoms with E-state index in [-0.39, 0.29) is 12.1 Å². The molecule has 0 radical (unpaired) electrons. The van der Waals surface area contributed by atoms with Crippen LogP contribution < -0.4 is 10.5 Å². The first-order valence-corrected chi connectivity index (χ1v) is 6.32. The molecule has 18 heavy (non-hydrogen) atoms.